The van der Waals surface area contributed by atoms with Crippen molar-refractivity contribution in [2.24, 2.45) is 0 Å². The van der Waals surface area contributed by atoms with Gasteiger partial charge < -0.3 is 9.84 Å². The summed E-state index contributed by atoms with van der Waals surface area (Å²) in [4.78, 5) is 10.8. The van der Waals surface area contributed by atoms with Crippen molar-refractivity contribution in [3.63, 3.8) is 0 Å². The van der Waals surface area contributed by atoms with Crippen LogP contribution in [-0.4, -0.2) is 23.8 Å². The number of esters is 1. The highest BCUT2D eigenvalue weighted by molar-refractivity contribution is 5.74. The van der Waals surface area contributed by atoms with Crippen LogP contribution in [0.1, 0.15) is 19.8 Å². The highest BCUT2D eigenvalue weighted by Gasteiger charge is 2.13. The van der Waals surface area contributed by atoms with Crippen molar-refractivity contribution in [2.45, 2.75) is 25.9 Å². The second kappa shape index (κ2) is 5.92. The molecule has 3 heteroatoms. The number of rotatable bonds is 5. The lowest BCUT2D eigenvalue weighted by atomic mass is 10.2. The van der Waals surface area contributed by atoms with E-state index in [9.17, 15) is 4.79 Å². The molecule has 0 aliphatic carbocycles. The molecular weight excluding hydrogens is 144 g/mol. The predicted molar refractivity (Wildman–Crippen MR) is 42.1 cm³/mol. The van der Waals surface area contributed by atoms with E-state index < -0.39 is 12.1 Å². The number of carbonyl (C=O) groups excluding carboxylic acids is 1. The third-order valence-electron chi connectivity index (χ3n) is 1.18. The normalized spacial score (nSPS) is 12.2. The van der Waals surface area contributed by atoms with Crippen LogP contribution in [0.15, 0.2) is 12.7 Å². The third kappa shape index (κ3) is 4.56. The SMILES string of the molecule is C=CCOC(=O)C(O)CCC. The Morgan fingerprint density at radius 1 is 1.82 bits per heavy atom. The Labute approximate surface area is 66.7 Å². The molecule has 0 aromatic heterocycles. The summed E-state index contributed by atoms with van der Waals surface area (Å²) in [5, 5.41) is 9.04. The Balaban J connectivity index is 3.54. The highest BCUT2D eigenvalue weighted by atomic mass is 16.5. The molecule has 64 valence electrons. The Bertz CT molecular complexity index is 131. The number of hydrogen-bond acceptors (Lipinski definition) is 3. The number of ether oxygens (including phenoxy) is 1. The molecule has 1 unspecified atom stereocenters. The number of aliphatic hydroxyl groups excluding tert-OH is 1. The van der Waals surface area contributed by atoms with Gasteiger partial charge in [-0.3, -0.25) is 0 Å². The van der Waals surface area contributed by atoms with E-state index in [0.29, 0.717) is 6.42 Å². The minimum absolute atomic E-state index is 0.166. The summed E-state index contributed by atoms with van der Waals surface area (Å²) in [6.45, 7) is 5.44. The van der Waals surface area contributed by atoms with Gasteiger partial charge in [-0.15, -0.1) is 0 Å². The van der Waals surface area contributed by atoms with E-state index in [0.717, 1.165) is 6.42 Å². The van der Waals surface area contributed by atoms with Crippen LogP contribution >= 0.6 is 0 Å². The molecule has 0 bridgehead atoms. The average Bonchev–Trinajstić information content (AvgIpc) is 2.00. The summed E-state index contributed by atoms with van der Waals surface area (Å²) < 4.78 is 4.60. The van der Waals surface area contributed by atoms with E-state index in [-0.39, 0.29) is 6.61 Å². The zero-order valence-corrected chi connectivity index (χ0v) is 6.75. The smallest absolute Gasteiger partial charge is 0.335 e. The summed E-state index contributed by atoms with van der Waals surface area (Å²) in [7, 11) is 0. The van der Waals surface area contributed by atoms with Gasteiger partial charge in [-0.05, 0) is 6.42 Å². The molecule has 0 spiro atoms. The predicted octanol–water partition coefficient (Wildman–Crippen LogP) is 0.877. The lowest BCUT2D eigenvalue weighted by Gasteiger charge is -2.06. The molecule has 1 atom stereocenters. The second-order valence-corrected chi connectivity index (χ2v) is 2.22. The standard InChI is InChI=1S/C8H14O3/c1-3-5-7(9)8(10)11-6-4-2/h4,7,9H,2-3,5-6H2,1H3. The van der Waals surface area contributed by atoms with E-state index in [4.69, 9.17) is 5.11 Å². The molecule has 0 rings (SSSR count). The summed E-state index contributed by atoms with van der Waals surface area (Å²) >= 11 is 0. The molecule has 0 saturated carbocycles. The Morgan fingerprint density at radius 3 is 2.91 bits per heavy atom. The number of hydrogen-bond donors (Lipinski definition) is 1. The van der Waals surface area contributed by atoms with Crippen molar-refractivity contribution >= 4 is 5.97 Å². The zero-order chi connectivity index (χ0) is 8.69. The van der Waals surface area contributed by atoms with Gasteiger partial charge in [0.2, 0.25) is 0 Å². The van der Waals surface area contributed by atoms with Gasteiger partial charge in [-0.2, -0.15) is 0 Å². The van der Waals surface area contributed by atoms with Crippen molar-refractivity contribution in [3.05, 3.63) is 12.7 Å². The Hall–Kier alpha value is -0.830. The fraction of sp³-hybridized carbons (Fsp3) is 0.625. The van der Waals surface area contributed by atoms with E-state index in [1.165, 1.54) is 6.08 Å². The van der Waals surface area contributed by atoms with Crippen molar-refractivity contribution in [1.29, 1.82) is 0 Å². The molecule has 0 fully saturated rings. The minimum atomic E-state index is -0.972. The quantitative estimate of drug-likeness (QED) is 0.477. The number of aliphatic hydroxyl groups is 1. The second-order valence-electron chi connectivity index (χ2n) is 2.22. The van der Waals surface area contributed by atoms with Crippen molar-refractivity contribution < 1.29 is 14.6 Å². The minimum Gasteiger partial charge on any atom is -0.460 e. The van der Waals surface area contributed by atoms with Crippen LogP contribution in [0.3, 0.4) is 0 Å². The van der Waals surface area contributed by atoms with Gasteiger partial charge in [0, 0.05) is 0 Å². The maximum absolute atomic E-state index is 10.8. The van der Waals surface area contributed by atoms with Gasteiger partial charge in [-0.25, -0.2) is 4.79 Å². The molecule has 0 saturated heterocycles. The first-order valence-corrected chi connectivity index (χ1v) is 3.68. The molecule has 0 aromatic rings. The zero-order valence-electron chi connectivity index (χ0n) is 6.75. The number of carbonyl (C=O) groups is 1. The first kappa shape index (κ1) is 10.2. The molecule has 0 radical (unpaired) electrons. The molecule has 11 heavy (non-hydrogen) atoms. The summed E-state index contributed by atoms with van der Waals surface area (Å²) in [6.07, 6.45) is 1.72. The Kier molecular flexibility index (Phi) is 5.47. The first-order chi connectivity index (χ1) is 5.22. The summed E-state index contributed by atoms with van der Waals surface area (Å²) in [5.74, 6) is -0.563. The fourth-order valence-electron chi connectivity index (χ4n) is 0.629. The van der Waals surface area contributed by atoms with Crippen LogP contribution in [0.4, 0.5) is 0 Å². The van der Waals surface area contributed by atoms with E-state index in [1.54, 1.807) is 0 Å². The monoisotopic (exact) mass is 158 g/mol. The fourth-order valence-corrected chi connectivity index (χ4v) is 0.629. The van der Waals surface area contributed by atoms with Gasteiger partial charge in [0.15, 0.2) is 6.10 Å². The molecule has 0 heterocycles. The lowest BCUT2D eigenvalue weighted by Crippen LogP contribution is -2.22. The van der Waals surface area contributed by atoms with Crippen LogP contribution in [-0.2, 0) is 9.53 Å². The highest BCUT2D eigenvalue weighted by Crippen LogP contribution is 1.98. The lowest BCUT2D eigenvalue weighted by molar-refractivity contribution is -0.152. The summed E-state index contributed by atoms with van der Waals surface area (Å²) in [5.41, 5.74) is 0. The van der Waals surface area contributed by atoms with Crippen LogP contribution in [0.2, 0.25) is 0 Å². The first-order valence-electron chi connectivity index (χ1n) is 3.68. The van der Waals surface area contributed by atoms with E-state index in [2.05, 4.69) is 11.3 Å². The van der Waals surface area contributed by atoms with Gasteiger partial charge in [0.25, 0.3) is 0 Å². The van der Waals surface area contributed by atoms with Crippen LogP contribution < -0.4 is 0 Å². The molecule has 0 aliphatic rings. The molecule has 0 amide bonds. The topological polar surface area (TPSA) is 46.5 Å². The van der Waals surface area contributed by atoms with Crippen molar-refractivity contribution in [2.75, 3.05) is 6.61 Å². The third-order valence-corrected chi connectivity index (χ3v) is 1.18. The maximum atomic E-state index is 10.8. The summed E-state index contributed by atoms with van der Waals surface area (Å²) in [6, 6.07) is 0. The molecule has 3 nitrogen and oxygen atoms in total. The van der Waals surface area contributed by atoms with E-state index in [1.807, 2.05) is 6.92 Å². The van der Waals surface area contributed by atoms with Gasteiger partial charge >= 0.3 is 5.97 Å². The van der Waals surface area contributed by atoms with Gasteiger partial charge in [-0.1, -0.05) is 26.0 Å². The van der Waals surface area contributed by atoms with Crippen LogP contribution in [0, 0.1) is 0 Å². The van der Waals surface area contributed by atoms with Crippen molar-refractivity contribution in [1.82, 2.24) is 0 Å². The van der Waals surface area contributed by atoms with Gasteiger partial charge in [0.1, 0.15) is 6.61 Å². The van der Waals surface area contributed by atoms with Gasteiger partial charge in [0.05, 0.1) is 0 Å². The molecule has 0 aromatic carbocycles. The molecule has 0 aliphatic heterocycles. The maximum Gasteiger partial charge on any atom is 0.335 e. The molecular formula is C8H14O3. The van der Waals surface area contributed by atoms with Crippen molar-refractivity contribution in [3.8, 4) is 0 Å². The average molecular weight is 158 g/mol. The Morgan fingerprint density at radius 2 is 2.45 bits per heavy atom. The molecule has 1 N–H and O–H groups in total. The van der Waals surface area contributed by atoms with Crippen LogP contribution in [0.25, 0.3) is 0 Å². The van der Waals surface area contributed by atoms with Crippen LogP contribution in [0.5, 0.6) is 0 Å². The largest absolute Gasteiger partial charge is 0.460 e. The van der Waals surface area contributed by atoms with E-state index >= 15 is 0 Å².